The third-order valence-corrected chi connectivity index (χ3v) is 3.59. The number of halogens is 1. The zero-order valence-corrected chi connectivity index (χ0v) is 13.7. The zero-order valence-electron chi connectivity index (χ0n) is 13.7. The maximum absolute atomic E-state index is 13.0. The van der Waals surface area contributed by atoms with Gasteiger partial charge in [0.2, 0.25) is 0 Å². The maximum atomic E-state index is 13.0. The van der Waals surface area contributed by atoms with E-state index in [1.807, 2.05) is 25.1 Å². The predicted molar refractivity (Wildman–Crippen MR) is 95.6 cm³/mol. The van der Waals surface area contributed by atoms with Gasteiger partial charge >= 0.3 is 0 Å². The smallest absolute Gasteiger partial charge is 0.136 e. The van der Waals surface area contributed by atoms with E-state index in [9.17, 15) is 4.39 Å². The van der Waals surface area contributed by atoms with Crippen LogP contribution in [-0.2, 0) is 6.42 Å². The van der Waals surface area contributed by atoms with Crippen molar-refractivity contribution in [2.45, 2.75) is 20.3 Å². The molecule has 5 heteroatoms. The fourth-order valence-electron chi connectivity index (χ4n) is 2.35. The van der Waals surface area contributed by atoms with Gasteiger partial charge in [0.15, 0.2) is 0 Å². The molecule has 24 heavy (non-hydrogen) atoms. The molecule has 0 aliphatic carbocycles. The molecule has 122 valence electrons. The minimum Gasteiger partial charge on any atom is -0.340 e. The molecule has 0 fully saturated rings. The van der Waals surface area contributed by atoms with Gasteiger partial charge in [-0.15, -0.1) is 0 Å². The Balaban J connectivity index is 1.78. The van der Waals surface area contributed by atoms with E-state index in [2.05, 4.69) is 39.7 Å². The van der Waals surface area contributed by atoms with E-state index >= 15 is 0 Å². The van der Waals surface area contributed by atoms with Crippen LogP contribution in [-0.4, -0.2) is 9.97 Å². The lowest BCUT2D eigenvalue weighted by Gasteiger charge is -2.10. The Morgan fingerprint density at radius 3 is 1.83 bits per heavy atom. The van der Waals surface area contributed by atoms with Crippen molar-refractivity contribution in [2.75, 3.05) is 10.6 Å². The zero-order chi connectivity index (χ0) is 16.9. The Morgan fingerprint density at radius 2 is 1.33 bits per heavy atom. The van der Waals surface area contributed by atoms with Crippen LogP contribution in [0, 0.1) is 12.7 Å². The second kappa shape index (κ2) is 7.08. The van der Waals surface area contributed by atoms with Gasteiger partial charge in [0.25, 0.3) is 0 Å². The van der Waals surface area contributed by atoms with Crippen LogP contribution < -0.4 is 10.6 Å². The van der Waals surface area contributed by atoms with Gasteiger partial charge in [-0.25, -0.2) is 14.4 Å². The fourth-order valence-corrected chi connectivity index (χ4v) is 2.35. The minimum absolute atomic E-state index is 0.266. The van der Waals surface area contributed by atoms with Gasteiger partial charge in [-0.05, 0) is 55.3 Å². The summed E-state index contributed by atoms with van der Waals surface area (Å²) in [6, 6.07) is 16.2. The number of aryl methyl sites for hydroxylation is 2. The summed E-state index contributed by atoms with van der Waals surface area (Å²) in [5.41, 5.74) is 3.03. The van der Waals surface area contributed by atoms with Gasteiger partial charge < -0.3 is 10.6 Å². The van der Waals surface area contributed by atoms with Crippen molar-refractivity contribution >= 4 is 23.0 Å². The minimum atomic E-state index is -0.266. The summed E-state index contributed by atoms with van der Waals surface area (Å²) < 4.78 is 13.0. The molecule has 4 nitrogen and oxygen atoms in total. The lowest BCUT2D eigenvalue weighted by Crippen LogP contribution is -2.01. The highest BCUT2D eigenvalue weighted by Crippen LogP contribution is 2.21. The molecule has 0 aliphatic rings. The maximum Gasteiger partial charge on any atom is 0.136 e. The van der Waals surface area contributed by atoms with Crippen LogP contribution in [0.2, 0.25) is 0 Å². The first kappa shape index (κ1) is 15.9. The molecule has 3 rings (SSSR count). The lowest BCUT2D eigenvalue weighted by atomic mass is 10.1. The Labute approximate surface area is 140 Å². The number of nitrogens with zero attached hydrogens (tertiary/aromatic N) is 2. The van der Waals surface area contributed by atoms with Crippen molar-refractivity contribution < 1.29 is 4.39 Å². The first-order chi connectivity index (χ1) is 11.6. The topological polar surface area (TPSA) is 49.8 Å². The van der Waals surface area contributed by atoms with Gasteiger partial charge in [0.05, 0.1) is 0 Å². The van der Waals surface area contributed by atoms with Crippen molar-refractivity contribution in [1.29, 1.82) is 0 Å². The molecule has 1 aromatic heterocycles. The van der Waals surface area contributed by atoms with E-state index in [1.54, 1.807) is 12.1 Å². The highest BCUT2D eigenvalue weighted by Gasteiger charge is 2.04. The summed E-state index contributed by atoms with van der Waals surface area (Å²) in [4.78, 5) is 8.77. The molecule has 0 bridgehead atoms. The van der Waals surface area contributed by atoms with E-state index in [0.29, 0.717) is 17.5 Å². The number of aromatic nitrogens is 2. The van der Waals surface area contributed by atoms with Crippen molar-refractivity contribution in [3.63, 3.8) is 0 Å². The molecule has 0 amide bonds. The van der Waals surface area contributed by atoms with Crippen molar-refractivity contribution in [2.24, 2.45) is 0 Å². The molecule has 2 aromatic carbocycles. The van der Waals surface area contributed by atoms with Gasteiger partial charge in [-0.1, -0.05) is 19.1 Å². The van der Waals surface area contributed by atoms with Crippen LogP contribution in [0.5, 0.6) is 0 Å². The summed E-state index contributed by atoms with van der Waals surface area (Å²) in [6.45, 7) is 3.96. The fraction of sp³-hybridized carbons (Fsp3) is 0.158. The summed E-state index contributed by atoms with van der Waals surface area (Å²) >= 11 is 0. The van der Waals surface area contributed by atoms with Crippen molar-refractivity contribution in [3.8, 4) is 0 Å². The van der Waals surface area contributed by atoms with E-state index in [0.717, 1.165) is 17.8 Å². The molecule has 3 aromatic rings. The summed E-state index contributed by atoms with van der Waals surface area (Å²) in [5, 5.41) is 6.44. The van der Waals surface area contributed by atoms with Crippen molar-refractivity contribution in [3.05, 3.63) is 71.8 Å². The van der Waals surface area contributed by atoms with Crippen LogP contribution >= 0.6 is 0 Å². The largest absolute Gasteiger partial charge is 0.340 e. The number of hydrogen-bond donors (Lipinski definition) is 2. The van der Waals surface area contributed by atoms with Crippen molar-refractivity contribution in [1.82, 2.24) is 9.97 Å². The predicted octanol–water partition coefficient (Wildman–Crippen LogP) is 4.97. The molecule has 0 radical (unpaired) electrons. The quantitative estimate of drug-likeness (QED) is 0.696. The Bertz CT molecular complexity index is 814. The highest BCUT2D eigenvalue weighted by molar-refractivity contribution is 5.63. The van der Waals surface area contributed by atoms with Crippen LogP contribution in [0.15, 0.2) is 54.6 Å². The number of hydrogen-bond acceptors (Lipinski definition) is 4. The van der Waals surface area contributed by atoms with Gasteiger partial charge in [-0.3, -0.25) is 0 Å². The molecule has 0 saturated carbocycles. The molecular weight excluding hydrogens is 303 g/mol. The van der Waals surface area contributed by atoms with Gasteiger partial charge in [0.1, 0.15) is 23.3 Å². The molecule has 1 heterocycles. The molecule has 0 saturated heterocycles. The molecule has 0 unspecified atom stereocenters. The SMILES string of the molecule is CCc1ccc(Nc2cc(Nc3ccc(F)cc3)nc(C)n2)cc1. The van der Waals surface area contributed by atoms with E-state index in [4.69, 9.17) is 0 Å². The van der Waals surface area contributed by atoms with Gasteiger partial charge in [-0.2, -0.15) is 0 Å². The monoisotopic (exact) mass is 322 g/mol. The van der Waals surface area contributed by atoms with Crippen LogP contribution in [0.1, 0.15) is 18.3 Å². The Hall–Kier alpha value is -2.95. The average molecular weight is 322 g/mol. The number of benzene rings is 2. The molecule has 2 N–H and O–H groups in total. The van der Waals surface area contributed by atoms with E-state index in [-0.39, 0.29) is 5.82 Å². The average Bonchev–Trinajstić information content (AvgIpc) is 2.57. The van der Waals surface area contributed by atoms with Crippen LogP contribution in [0.4, 0.5) is 27.4 Å². The third-order valence-electron chi connectivity index (χ3n) is 3.59. The first-order valence-corrected chi connectivity index (χ1v) is 7.86. The molecule has 0 spiro atoms. The third kappa shape index (κ3) is 4.07. The summed E-state index contributed by atoms with van der Waals surface area (Å²) in [6.07, 6.45) is 1.01. The number of anilines is 4. The normalized spacial score (nSPS) is 10.5. The molecule has 0 atom stereocenters. The first-order valence-electron chi connectivity index (χ1n) is 7.86. The Morgan fingerprint density at radius 1 is 0.833 bits per heavy atom. The van der Waals surface area contributed by atoms with Crippen LogP contribution in [0.25, 0.3) is 0 Å². The highest BCUT2D eigenvalue weighted by atomic mass is 19.1. The number of nitrogens with one attached hydrogen (secondary N) is 2. The molecular formula is C19H19FN4. The second-order valence-electron chi connectivity index (χ2n) is 5.49. The summed E-state index contributed by atoms with van der Waals surface area (Å²) in [7, 11) is 0. The van der Waals surface area contributed by atoms with E-state index in [1.165, 1.54) is 17.7 Å². The lowest BCUT2D eigenvalue weighted by molar-refractivity contribution is 0.628. The summed E-state index contributed by atoms with van der Waals surface area (Å²) in [5.74, 6) is 1.74. The van der Waals surface area contributed by atoms with E-state index < -0.39 is 0 Å². The van der Waals surface area contributed by atoms with Gasteiger partial charge in [0, 0.05) is 17.4 Å². The standard InChI is InChI=1S/C19H19FN4/c1-3-14-4-8-16(9-5-14)23-18-12-19(22-13(2)21-18)24-17-10-6-15(20)7-11-17/h4-12H,3H2,1-2H3,(H2,21,22,23,24). The number of rotatable bonds is 5. The second-order valence-corrected chi connectivity index (χ2v) is 5.49. The Kier molecular flexibility index (Phi) is 4.70. The van der Waals surface area contributed by atoms with Crippen LogP contribution in [0.3, 0.4) is 0 Å². The molecule has 0 aliphatic heterocycles.